The lowest BCUT2D eigenvalue weighted by Gasteiger charge is -2.40. The molecule has 0 spiro atoms. The molecule has 0 bridgehead atoms. The number of benzene rings is 3. The highest BCUT2D eigenvalue weighted by atomic mass is 28.4. The minimum absolute atomic E-state index is 0.0626. The van der Waals surface area contributed by atoms with Gasteiger partial charge in [0.15, 0.2) is 5.78 Å². The molecule has 7 heteroatoms. The number of rotatable bonds is 15. The molecule has 48 heavy (non-hydrogen) atoms. The fourth-order valence-corrected chi connectivity index (χ4v) is 8.93. The Hall–Kier alpha value is -4.85. The third-order valence-corrected chi connectivity index (χ3v) is 12.1. The van der Waals surface area contributed by atoms with Crippen LogP contribution in [0.5, 0.6) is 0 Å². The van der Waals surface area contributed by atoms with Gasteiger partial charge in [0.1, 0.15) is 11.6 Å². The summed E-state index contributed by atoms with van der Waals surface area (Å²) in [7, 11) is -3.26. The lowest BCUT2D eigenvalue weighted by atomic mass is 10.1. The summed E-state index contributed by atoms with van der Waals surface area (Å²) in [6.07, 6.45) is 17.3. The van der Waals surface area contributed by atoms with Gasteiger partial charge in [-0.25, -0.2) is 4.79 Å². The summed E-state index contributed by atoms with van der Waals surface area (Å²) < 4.78 is 5.51. The van der Waals surface area contributed by atoms with Crippen molar-refractivity contribution in [3.63, 3.8) is 0 Å². The topological polar surface area (TPSA) is 92.7 Å². The van der Waals surface area contributed by atoms with E-state index in [1.54, 1.807) is 69.4 Å². The minimum Gasteiger partial charge on any atom is -0.458 e. The Bertz CT molecular complexity index is 1590. The molecule has 250 valence electrons. The second kappa shape index (κ2) is 17.9. The molecule has 0 radical (unpaired) electrons. The minimum atomic E-state index is -3.26. The number of allylic oxidation sites excluding steroid dienone is 9. The maximum absolute atomic E-state index is 13.0. The van der Waals surface area contributed by atoms with E-state index in [-0.39, 0.29) is 12.2 Å². The van der Waals surface area contributed by atoms with Crippen molar-refractivity contribution in [1.29, 1.82) is 0 Å². The molecule has 0 aliphatic heterocycles. The molecule has 3 rings (SSSR count). The quantitative estimate of drug-likeness (QED) is 0.0860. The van der Waals surface area contributed by atoms with E-state index in [9.17, 15) is 19.2 Å². The maximum Gasteiger partial charge on any atom is 0.329 e. The smallest absolute Gasteiger partial charge is 0.329 e. The van der Waals surface area contributed by atoms with E-state index in [1.165, 1.54) is 12.2 Å². The zero-order chi connectivity index (χ0) is 35.0. The molecule has 3 aromatic carbocycles. The van der Waals surface area contributed by atoms with E-state index < -0.39 is 36.9 Å². The highest BCUT2D eigenvalue weighted by Crippen LogP contribution is 2.39. The molecule has 2 N–H and O–H groups in total. The molecule has 0 fully saturated rings. The van der Waals surface area contributed by atoms with Gasteiger partial charge in [-0.2, -0.15) is 0 Å². The number of esters is 1. The Kier molecular flexibility index (Phi) is 14.0. The van der Waals surface area contributed by atoms with Crippen molar-refractivity contribution in [2.24, 2.45) is 0 Å². The monoisotopic (exact) mass is 661 g/mol. The van der Waals surface area contributed by atoms with Crippen LogP contribution in [0, 0.1) is 0 Å². The summed E-state index contributed by atoms with van der Waals surface area (Å²) in [5.74, 6) is -0.949. The number of carbonyl (C=O) groups excluding carboxylic acids is 3. The first-order valence-electron chi connectivity index (χ1n) is 16.1. The van der Waals surface area contributed by atoms with E-state index in [1.807, 2.05) is 105 Å². The standard InChI is InChI=1S/C41H47NO5Si/c1-40(2,3)47-39(45)37(31-33-23-15-12-16-24-33)42-38(44)30-22-11-9-7-6-8-10-17-25-34(43)32-41(4,5)48(46,35-26-18-13-19-27-35)36-28-20-14-21-29-36/h6-30,37,46H,31-32H2,1-5H3,(H,42,44)/b7-6+,10-8+,11-9+,25-17+,30-22+/t37-/m0/s1. The zero-order valence-electron chi connectivity index (χ0n) is 28.5. The Morgan fingerprint density at radius 3 is 1.60 bits per heavy atom. The van der Waals surface area contributed by atoms with Gasteiger partial charge in [-0.15, -0.1) is 0 Å². The highest BCUT2D eigenvalue weighted by Gasteiger charge is 2.50. The summed E-state index contributed by atoms with van der Waals surface area (Å²) in [6, 6.07) is 28.0. The van der Waals surface area contributed by atoms with E-state index in [2.05, 4.69) is 5.32 Å². The number of carbonyl (C=O) groups is 3. The van der Waals surface area contributed by atoms with Crippen LogP contribution in [-0.2, 0) is 25.5 Å². The SMILES string of the molecule is CC(C)(C)OC(=O)[C@H](Cc1ccccc1)NC(=O)/C=C/C=C/C=C/C=C/C=C/C(=O)CC(C)(C)[Si](O)(c1ccccc1)c1ccccc1. The molecular weight excluding hydrogens is 615 g/mol. The Morgan fingerprint density at radius 1 is 0.688 bits per heavy atom. The molecule has 0 aliphatic rings. The molecule has 0 unspecified atom stereocenters. The van der Waals surface area contributed by atoms with E-state index in [0.717, 1.165) is 15.9 Å². The van der Waals surface area contributed by atoms with Gasteiger partial charge in [-0.3, -0.25) is 9.59 Å². The first kappa shape index (κ1) is 37.6. The van der Waals surface area contributed by atoms with Crippen molar-refractivity contribution in [3.8, 4) is 0 Å². The van der Waals surface area contributed by atoms with Crippen LogP contribution in [0.2, 0.25) is 5.04 Å². The van der Waals surface area contributed by atoms with Crippen LogP contribution < -0.4 is 15.7 Å². The second-order valence-corrected chi connectivity index (χ2v) is 17.1. The van der Waals surface area contributed by atoms with Gasteiger partial charge in [0.2, 0.25) is 5.91 Å². The molecule has 0 saturated heterocycles. The van der Waals surface area contributed by atoms with Crippen LogP contribution in [0.3, 0.4) is 0 Å². The van der Waals surface area contributed by atoms with Gasteiger partial charge >= 0.3 is 5.97 Å². The van der Waals surface area contributed by atoms with Crippen LogP contribution >= 0.6 is 0 Å². The average Bonchev–Trinajstić information content (AvgIpc) is 3.05. The highest BCUT2D eigenvalue weighted by molar-refractivity contribution is 6.98. The molecule has 1 amide bonds. The number of amides is 1. The van der Waals surface area contributed by atoms with Crippen LogP contribution in [0.15, 0.2) is 152 Å². The van der Waals surface area contributed by atoms with Crippen LogP contribution in [-0.4, -0.2) is 42.4 Å². The summed E-state index contributed by atoms with van der Waals surface area (Å²) in [5, 5.41) is 3.84. The van der Waals surface area contributed by atoms with Gasteiger partial charge in [0, 0.05) is 18.9 Å². The fourth-order valence-electron chi connectivity index (χ4n) is 5.26. The first-order chi connectivity index (χ1) is 22.8. The largest absolute Gasteiger partial charge is 0.458 e. The van der Waals surface area contributed by atoms with E-state index in [0.29, 0.717) is 6.42 Å². The van der Waals surface area contributed by atoms with E-state index in [4.69, 9.17) is 4.74 Å². The van der Waals surface area contributed by atoms with Gasteiger partial charge < -0.3 is 14.8 Å². The number of hydrogen-bond donors (Lipinski definition) is 2. The summed E-state index contributed by atoms with van der Waals surface area (Å²) in [6.45, 7) is 9.31. The van der Waals surface area contributed by atoms with Crippen molar-refractivity contribution in [2.75, 3.05) is 0 Å². The zero-order valence-corrected chi connectivity index (χ0v) is 29.5. The van der Waals surface area contributed by atoms with Crippen molar-refractivity contribution in [3.05, 3.63) is 157 Å². The summed E-state index contributed by atoms with van der Waals surface area (Å²) in [4.78, 5) is 50.5. The fraction of sp³-hybridized carbons (Fsp3) is 0.244. The van der Waals surface area contributed by atoms with E-state index >= 15 is 0 Å². The van der Waals surface area contributed by atoms with Crippen molar-refractivity contribution >= 4 is 36.4 Å². The molecule has 6 nitrogen and oxygen atoms in total. The second-order valence-electron chi connectivity index (χ2n) is 13.1. The van der Waals surface area contributed by atoms with Crippen LogP contribution in [0.4, 0.5) is 0 Å². The van der Waals surface area contributed by atoms with Gasteiger partial charge in [0.25, 0.3) is 8.32 Å². The number of ketones is 1. The van der Waals surface area contributed by atoms with Gasteiger partial charge in [0.05, 0.1) is 0 Å². The first-order valence-corrected chi connectivity index (χ1v) is 18.0. The molecule has 0 aliphatic carbocycles. The summed E-state index contributed by atoms with van der Waals surface area (Å²) >= 11 is 0. The molecule has 3 aromatic rings. The van der Waals surface area contributed by atoms with Gasteiger partial charge in [-0.05, 0) is 47.8 Å². The molecule has 0 heterocycles. The van der Waals surface area contributed by atoms with Crippen LogP contribution in [0.25, 0.3) is 0 Å². The Morgan fingerprint density at radius 2 is 1.12 bits per heavy atom. The Balaban J connectivity index is 1.52. The molecule has 0 saturated carbocycles. The molecule has 0 aromatic heterocycles. The Labute approximate surface area is 286 Å². The number of hydrogen-bond acceptors (Lipinski definition) is 5. The van der Waals surface area contributed by atoms with Crippen molar-refractivity contribution in [1.82, 2.24) is 5.32 Å². The van der Waals surface area contributed by atoms with Crippen LogP contribution in [0.1, 0.15) is 46.6 Å². The summed E-state index contributed by atoms with van der Waals surface area (Å²) in [5.41, 5.74) is 0.247. The predicted octanol–water partition coefficient (Wildman–Crippen LogP) is 6.33. The predicted molar refractivity (Wildman–Crippen MR) is 197 cm³/mol. The lowest BCUT2D eigenvalue weighted by Crippen LogP contribution is -2.65. The third-order valence-electron chi connectivity index (χ3n) is 7.58. The normalized spacial score (nSPS) is 13.5. The lowest BCUT2D eigenvalue weighted by molar-refractivity contribution is -0.158. The van der Waals surface area contributed by atoms with Crippen molar-refractivity contribution < 1.29 is 23.9 Å². The average molecular weight is 662 g/mol. The van der Waals surface area contributed by atoms with Gasteiger partial charge in [-0.1, -0.05) is 153 Å². The number of nitrogens with one attached hydrogen (secondary N) is 1. The molecule has 1 atom stereocenters. The third kappa shape index (κ3) is 11.7. The number of ether oxygens (including phenoxy) is 1. The maximum atomic E-state index is 13.0. The van der Waals surface area contributed by atoms with Crippen molar-refractivity contribution in [2.45, 2.75) is 64.1 Å². The molecular formula is C41H47NO5Si.